The van der Waals surface area contributed by atoms with E-state index < -0.39 is 0 Å². The fraction of sp³-hybridized carbons (Fsp3) is 0.240. The first-order valence-corrected chi connectivity index (χ1v) is 9.87. The third kappa shape index (κ3) is 3.47. The van der Waals surface area contributed by atoms with Crippen molar-refractivity contribution in [3.05, 3.63) is 82.9 Å². The summed E-state index contributed by atoms with van der Waals surface area (Å²) in [4.78, 5) is 16.2. The Morgan fingerprint density at radius 3 is 1.90 bits per heavy atom. The summed E-state index contributed by atoms with van der Waals surface area (Å²) in [7, 11) is 9.46. The van der Waals surface area contributed by atoms with Crippen LogP contribution in [0.15, 0.2) is 60.7 Å². The van der Waals surface area contributed by atoms with E-state index in [1.807, 2.05) is 40.3 Å². The molecule has 0 amide bonds. The van der Waals surface area contributed by atoms with Gasteiger partial charge < -0.3 is 19.3 Å². The van der Waals surface area contributed by atoms with Gasteiger partial charge in [0.05, 0.1) is 12.7 Å². The van der Waals surface area contributed by atoms with Crippen LogP contribution in [0.25, 0.3) is 0 Å². The molecule has 0 bridgehead atoms. The van der Waals surface area contributed by atoms with Gasteiger partial charge in [-0.1, -0.05) is 24.3 Å². The third-order valence-corrected chi connectivity index (χ3v) is 5.51. The predicted molar refractivity (Wildman–Crippen MR) is 120 cm³/mol. The Hall–Kier alpha value is -3.47. The number of hydrogen-bond acceptors (Lipinski definition) is 5. The number of carbonyl (C=O) groups excluding carboxylic acids is 1. The highest BCUT2D eigenvalue weighted by Crippen LogP contribution is 2.49. The maximum absolute atomic E-state index is 12.1. The van der Waals surface area contributed by atoms with E-state index in [2.05, 4.69) is 52.3 Å². The standard InChI is InChI=1S/C25H26N2O3/c1-26(2)18-9-11-20-22(14-18)30-23-15-19(27(3)4)10-12-21(23)24(20)16-7-6-8-17(13-16)25(28)29-5/h6-15,24H,1-5H3. The molecule has 0 saturated carbocycles. The van der Waals surface area contributed by atoms with Crippen molar-refractivity contribution in [2.75, 3.05) is 45.1 Å². The minimum Gasteiger partial charge on any atom is -0.465 e. The van der Waals surface area contributed by atoms with Crippen LogP contribution in [-0.4, -0.2) is 41.3 Å². The Morgan fingerprint density at radius 2 is 1.40 bits per heavy atom. The van der Waals surface area contributed by atoms with Gasteiger partial charge in [-0.3, -0.25) is 0 Å². The third-order valence-electron chi connectivity index (χ3n) is 5.51. The van der Waals surface area contributed by atoms with Gasteiger partial charge in [0, 0.05) is 68.7 Å². The normalized spacial score (nSPS) is 12.4. The Bertz CT molecular complexity index is 1050. The van der Waals surface area contributed by atoms with Crippen molar-refractivity contribution in [2.45, 2.75) is 5.92 Å². The molecule has 1 aliphatic rings. The molecule has 0 N–H and O–H groups in total. The molecule has 0 unspecified atom stereocenters. The van der Waals surface area contributed by atoms with E-state index in [1.165, 1.54) is 7.11 Å². The molecule has 3 aromatic rings. The Kier molecular flexibility index (Phi) is 5.12. The van der Waals surface area contributed by atoms with Crippen molar-refractivity contribution in [1.82, 2.24) is 0 Å². The highest BCUT2D eigenvalue weighted by molar-refractivity contribution is 5.89. The maximum Gasteiger partial charge on any atom is 0.337 e. The van der Waals surface area contributed by atoms with Gasteiger partial charge in [0.1, 0.15) is 11.5 Å². The molecule has 0 aliphatic carbocycles. The first-order valence-electron chi connectivity index (χ1n) is 9.87. The summed E-state index contributed by atoms with van der Waals surface area (Å²) >= 11 is 0. The fourth-order valence-corrected chi connectivity index (χ4v) is 3.86. The van der Waals surface area contributed by atoms with Gasteiger partial charge in [-0.2, -0.15) is 0 Å². The van der Waals surface area contributed by atoms with Gasteiger partial charge in [-0.25, -0.2) is 4.79 Å². The highest BCUT2D eigenvalue weighted by atomic mass is 16.5. The monoisotopic (exact) mass is 402 g/mol. The zero-order valence-corrected chi connectivity index (χ0v) is 18.0. The molecule has 0 radical (unpaired) electrons. The maximum atomic E-state index is 12.1. The number of hydrogen-bond donors (Lipinski definition) is 0. The topological polar surface area (TPSA) is 42.0 Å². The molecule has 0 fully saturated rings. The minimum absolute atomic E-state index is 0.0409. The van der Waals surface area contributed by atoms with E-state index in [-0.39, 0.29) is 11.9 Å². The molecule has 1 heterocycles. The van der Waals surface area contributed by atoms with Crippen LogP contribution in [0.5, 0.6) is 11.5 Å². The number of methoxy groups -OCH3 is 1. The Labute approximate surface area is 177 Å². The number of ether oxygens (including phenoxy) is 2. The number of rotatable bonds is 4. The van der Waals surface area contributed by atoms with E-state index in [4.69, 9.17) is 9.47 Å². The molecule has 5 heteroatoms. The van der Waals surface area contributed by atoms with Gasteiger partial charge in [0.25, 0.3) is 0 Å². The van der Waals surface area contributed by atoms with Crippen LogP contribution >= 0.6 is 0 Å². The summed E-state index contributed by atoms with van der Waals surface area (Å²) in [6, 6.07) is 20.2. The van der Waals surface area contributed by atoms with Gasteiger partial charge >= 0.3 is 5.97 Å². The number of carbonyl (C=O) groups is 1. The smallest absolute Gasteiger partial charge is 0.337 e. The lowest BCUT2D eigenvalue weighted by Crippen LogP contribution is -2.15. The lowest BCUT2D eigenvalue weighted by molar-refractivity contribution is 0.0600. The van der Waals surface area contributed by atoms with Crippen molar-refractivity contribution in [3.8, 4) is 11.5 Å². The molecular formula is C25H26N2O3. The molecule has 5 nitrogen and oxygen atoms in total. The van der Waals surface area contributed by atoms with Crippen LogP contribution in [-0.2, 0) is 4.74 Å². The summed E-state index contributed by atoms with van der Waals surface area (Å²) < 4.78 is 11.3. The van der Waals surface area contributed by atoms with Crippen molar-refractivity contribution < 1.29 is 14.3 Å². The van der Waals surface area contributed by atoms with E-state index in [1.54, 1.807) is 6.07 Å². The zero-order valence-electron chi connectivity index (χ0n) is 18.0. The van der Waals surface area contributed by atoms with Crippen molar-refractivity contribution in [3.63, 3.8) is 0 Å². The fourth-order valence-electron chi connectivity index (χ4n) is 3.86. The van der Waals surface area contributed by atoms with Crippen molar-refractivity contribution >= 4 is 17.3 Å². The Balaban J connectivity index is 1.91. The van der Waals surface area contributed by atoms with E-state index in [0.717, 1.165) is 39.6 Å². The van der Waals surface area contributed by atoms with Crippen LogP contribution in [0, 0.1) is 0 Å². The summed E-state index contributed by atoms with van der Waals surface area (Å²) in [5, 5.41) is 0. The summed E-state index contributed by atoms with van der Waals surface area (Å²) in [6.45, 7) is 0. The molecule has 4 rings (SSSR count). The molecule has 0 spiro atoms. The predicted octanol–water partition coefficient (Wildman–Crippen LogP) is 4.89. The average molecular weight is 402 g/mol. The summed E-state index contributed by atoms with van der Waals surface area (Å²) in [5.41, 5.74) is 5.87. The Morgan fingerprint density at radius 1 is 0.833 bits per heavy atom. The molecule has 0 atom stereocenters. The summed E-state index contributed by atoms with van der Waals surface area (Å²) in [5.74, 6) is 1.28. The van der Waals surface area contributed by atoms with Crippen molar-refractivity contribution in [2.24, 2.45) is 0 Å². The largest absolute Gasteiger partial charge is 0.465 e. The summed E-state index contributed by atoms with van der Waals surface area (Å²) in [6.07, 6.45) is 0. The van der Waals surface area contributed by atoms with E-state index in [0.29, 0.717) is 5.56 Å². The molecular weight excluding hydrogens is 376 g/mol. The van der Waals surface area contributed by atoms with E-state index in [9.17, 15) is 4.79 Å². The molecule has 1 aliphatic heterocycles. The van der Waals surface area contributed by atoms with Crippen LogP contribution in [0.3, 0.4) is 0 Å². The second-order valence-corrected chi connectivity index (χ2v) is 7.89. The molecule has 0 aromatic heterocycles. The van der Waals surface area contributed by atoms with Crippen LogP contribution in [0.1, 0.15) is 33.0 Å². The first-order chi connectivity index (χ1) is 14.4. The second-order valence-electron chi connectivity index (χ2n) is 7.89. The highest BCUT2D eigenvalue weighted by Gasteiger charge is 2.30. The SMILES string of the molecule is COC(=O)c1cccc(C2c3ccc(N(C)C)cc3Oc3cc(N(C)C)ccc32)c1. The number of benzene rings is 3. The van der Waals surface area contributed by atoms with Gasteiger partial charge in [-0.15, -0.1) is 0 Å². The first kappa shape index (κ1) is 19.8. The minimum atomic E-state index is -0.338. The van der Waals surface area contributed by atoms with E-state index >= 15 is 0 Å². The van der Waals surface area contributed by atoms with Gasteiger partial charge in [0.2, 0.25) is 0 Å². The quantitative estimate of drug-likeness (QED) is 0.455. The van der Waals surface area contributed by atoms with Crippen LogP contribution < -0.4 is 14.5 Å². The molecule has 0 saturated heterocycles. The lowest BCUT2D eigenvalue weighted by atomic mass is 9.82. The molecule has 3 aromatic carbocycles. The van der Waals surface area contributed by atoms with Crippen molar-refractivity contribution in [1.29, 1.82) is 0 Å². The average Bonchev–Trinajstić information content (AvgIpc) is 2.75. The number of esters is 1. The second kappa shape index (κ2) is 7.75. The molecule has 30 heavy (non-hydrogen) atoms. The van der Waals surface area contributed by atoms with Crippen LogP contribution in [0.4, 0.5) is 11.4 Å². The number of fused-ring (bicyclic) bond motifs is 2. The number of nitrogens with zero attached hydrogens (tertiary/aromatic N) is 2. The van der Waals surface area contributed by atoms with Crippen LogP contribution in [0.2, 0.25) is 0 Å². The zero-order chi connectivity index (χ0) is 21.4. The lowest BCUT2D eigenvalue weighted by Gasteiger charge is -2.30. The van der Waals surface area contributed by atoms with Gasteiger partial charge in [0.15, 0.2) is 0 Å². The molecule has 154 valence electrons. The number of anilines is 2. The van der Waals surface area contributed by atoms with Gasteiger partial charge in [-0.05, 0) is 29.8 Å².